The molecule has 4 saturated heterocycles. The first-order chi connectivity index (χ1) is 30.6. The van der Waals surface area contributed by atoms with Crippen LogP contribution < -0.4 is 0 Å². The lowest BCUT2D eigenvalue weighted by Crippen LogP contribution is -2.68. The highest BCUT2D eigenvalue weighted by molar-refractivity contribution is 5.81. The predicted molar refractivity (Wildman–Crippen MR) is 227 cm³/mol. The largest absolute Gasteiger partial charge is 0.479 e. The summed E-state index contributed by atoms with van der Waals surface area (Å²) in [5.41, 5.74) is -2.29. The van der Waals surface area contributed by atoms with Crippen LogP contribution in [0.4, 0.5) is 0 Å². The number of carboxylic acid groups (broad SMARTS) is 1. The van der Waals surface area contributed by atoms with E-state index < -0.39 is 121 Å². The van der Waals surface area contributed by atoms with Crippen LogP contribution in [0.3, 0.4) is 0 Å². The fraction of sp³-hybridized carbons (Fsp3) is 0.958. The van der Waals surface area contributed by atoms with Gasteiger partial charge in [-0.25, -0.2) is 4.79 Å². The van der Waals surface area contributed by atoms with Crippen molar-refractivity contribution in [1.29, 1.82) is 0 Å². The van der Waals surface area contributed by atoms with E-state index in [1.807, 2.05) is 13.8 Å². The maximum atomic E-state index is 13.6. The Kier molecular flexibility index (Phi) is 12.3. The van der Waals surface area contributed by atoms with Gasteiger partial charge in [0.25, 0.3) is 0 Å². The van der Waals surface area contributed by atoms with Crippen molar-refractivity contribution in [2.45, 2.75) is 230 Å². The Morgan fingerprint density at radius 1 is 0.652 bits per heavy atom. The summed E-state index contributed by atoms with van der Waals surface area (Å²) in [5.74, 6) is -0.895. The molecule has 2 bridgehead atoms. The predicted octanol–water partition coefficient (Wildman–Crippen LogP) is 1.36. The number of hydrogen-bond donors (Lipinski definition) is 9. The van der Waals surface area contributed by atoms with Gasteiger partial charge < -0.3 is 79.1 Å². The third kappa shape index (κ3) is 7.07. The van der Waals surface area contributed by atoms with Crippen LogP contribution in [0.2, 0.25) is 0 Å². The van der Waals surface area contributed by atoms with E-state index in [9.17, 15) is 55.5 Å². The fourth-order valence-electron chi connectivity index (χ4n) is 16.6. The van der Waals surface area contributed by atoms with Crippen molar-refractivity contribution in [3.63, 3.8) is 0 Å². The molecule has 9 aliphatic rings. The van der Waals surface area contributed by atoms with E-state index in [0.29, 0.717) is 18.8 Å². The number of rotatable bonds is 8. The average molecular weight is 941 g/mol. The molecule has 1 spiro atoms. The molecule has 66 heavy (non-hydrogen) atoms. The lowest BCUT2D eigenvalue weighted by atomic mass is 9.32. The van der Waals surface area contributed by atoms with Crippen LogP contribution in [0.15, 0.2) is 0 Å². The molecule has 0 aromatic rings. The summed E-state index contributed by atoms with van der Waals surface area (Å²) >= 11 is 0. The summed E-state index contributed by atoms with van der Waals surface area (Å²) in [6.45, 7) is 18.4. The van der Waals surface area contributed by atoms with Crippen LogP contribution in [0.25, 0.3) is 0 Å². The van der Waals surface area contributed by atoms with Gasteiger partial charge in [-0.15, -0.1) is 0 Å². The van der Waals surface area contributed by atoms with E-state index in [0.717, 1.165) is 44.9 Å². The number of fused-ring (bicyclic) bond motifs is 7. The minimum Gasteiger partial charge on any atom is -0.479 e. The summed E-state index contributed by atoms with van der Waals surface area (Å²) in [4.78, 5) is 26.0. The number of ether oxygens (including phenoxy) is 7. The highest BCUT2D eigenvalue weighted by Gasteiger charge is 2.77. The smallest absolute Gasteiger partial charge is 0.335 e. The second kappa shape index (κ2) is 16.5. The lowest BCUT2D eigenvalue weighted by molar-refractivity contribution is -0.384. The van der Waals surface area contributed by atoms with Gasteiger partial charge in [0.1, 0.15) is 61.0 Å². The van der Waals surface area contributed by atoms with Gasteiger partial charge in [-0.1, -0.05) is 34.6 Å². The lowest BCUT2D eigenvalue weighted by Gasteiger charge is -2.73. The molecule has 18 heteroatoms. The first-order valence-corrected chi connectivity index (χ1v) is 24.5. The second-order valence-corrected chi connectivity index (χ2v) is 24.0. The van der Waals surface area contributed by atoms with Gasteiger partial charge in [0.05, 0.1) is 29.3 Å². The van der Waals surface area contributed by atoms with Crippen molar-refractivity contribution >= 4 is 11.9 Å². The number of carbonyl (C=O) groups excluding carboxylic acids is 1. The Morgan fingerprint density at radius 2 is 1.27 bits per heavy atom. The van der Waals surface area contributed by atoms with E-state index in [1.165, 1.54) is 13.8 Å². The van der Waals surface area contributed by atoms with Gasteiger partial charge in [0.2, 0.25) is 0 Å². The summed E-state index contributed by atoms with van der Waals surface area (Å²) in [7, 11) is 0. The van der Waals surface area contributed by atoms with Gasteiger partial charge in [0, 0.05) is 12.3 Å². The SMILES string of the molecule is C[C@@H]1O[C@@H](O[C@@H]2[C@H](O)[C@@H](O)[C@H](O[C@H]3[C@H](O[C@H]4CC[C@@]5(C)[C@H](CC[C@]6(C)[C@@H]5CC[C@@H]5[C@@H]7[C@H](C(C)(C)O)[C@@H]8C[C@@]7(CC[C@]56C)C(=O)O8)C4(C)C)O[C@H](C(=O)O)[C@@H](O)[C@@H]3O)O[C@H]2C)[C@H](O)[C@H](O)[C@H]1O. The maximum absolute atomic E-state index is 13.6. The molecule has 0 unspecified atom stereocenters. The first-order valence-electron chi connectivity index (χ1n) is 24.5. The Bertz CT molecular complexity index is 1860. The fourth-order valence-corrected chi connectivity index (χ4v) is 16.6. The van der Waals surface area contributed by atoms with Crippen molar-refractivity contribution in [3.05, 3.63) is 0 Å². The molecule has 0 aromatic heterocycles. The number of aliphatic hydroxyl groups excluding tert-OH is 7. The number of hydrogen-bond acceptors (Lipinski definition) is 17. The molecule has 0 amide bonds. The van der Waals surface area contributed by atoms with E-state index >= 15 is 0 Å². The molecule has 26 atom stereocenters. The van der Waals surface area contributed by atoms with E-state index in [4.69, 9.17) is 33.2 Å². The highest BCUT2D eigenvalue weighted by atomic mass is 16.8. The van der Waals surface area contributed by atoms with E-state index in [2.05, 4.69) is 34.6 Å². The van der Waals surface area contributed by atoms with Crippen LogP contribution in [0, 0.1) is 56.7 Å². The van der Waals surface area contributed by atoms with Crippen molar-refractivity contribution in [1.82, 2.24) is 0 Å². The van der Waals surface area contributed by atoms with E-state index in [1.54, 1.807) is 0 Å². The molecular formula is C48H76O18. The van der Waals surface area contributed by atoms with Gasteiger partial charge in [-0.05, 0) is 124 Å². The Morgan fingerprint density at radius 3 is 1.92 bits per heavy atom. The molecule has 9 rings (SSSR count). The minimum atomic E-state index is -1.96. The maximum Gasteiger partial charge on any atom is 0.335 e. The van der Waals surface area contributed by atoms with Crippen LogP contribution >= 0.6 is 0 Å². The van der Waals surface area contributed by atoms with Gasteiger partial charge >= 0.3 is 11.9 Å². The molecule has 4 aliphatic heterocycles. The van der Waals surface area contributed by atoms with Crippen LogP contribution in [-0.4, -0.2) is 168 Å². The van der Waals surface area contributed by atoms with E-state index in [-0.39, 0.29) is 52.0 Å². The number of aliphatic carboxylic acids is 1. The number of carbonyl (C=O) groups is 2. The molecular weight excluding hydrogens is 865 g/mol. The van der Waals surface area contributed by atoms with Crippen LogP contribution in [-0.2, 0) is 42.7 Å². The summed E-state index contributed by atoms with van der Waals surface area (Å²) < 4.78 is 42.1. The van der Waals surface area contributed by atoms with Gasteiger partial charge in [-0.3, -0.25) is 4.79 Å². The topological polar surface area (TPSA) is 281 Å². The zero-order chi connectivity index (χ0) is 48.2. The van der Waals surface area contributed by atoms with Crippen molar-refractivity contribution < 1.29 is 88.7 Å². The van der Waals surface area contributed by atoms with Crippen molar-refractivity contribution in [2.75, 3.05) is 0 Å². The molecule has 376 valence electrons. The number of aliphatic hydroxyl groups is 8. The van der Waals surface area contributed by atoms with Crippen LogP contribution in [0.5, 0.6) is 0 Å². The highest BCUT2D eigenvalue weighted by Crippen LogP contribution is 2.79. The molecule has 4 heterocycles. The average Bonchev–Trinajstić information content (AvgIpc) is 3.75. The standard InChI is InChI=1S/C48H76O18/c1-19-28(49)29(50)33(54)39(60-19)64-35-20(2)61-40(34(55)32(35)53)66-37-31(52)30(51)36(38(56)57)65-41(37)63-25-13-14-45(7)23(43(25,3)4)12-15-47(9)24(45)11-10-21-26-27(44(5,6)59)22-18-48(26,42(58)62-22)17-16-46(21,47)8/h19-37,39-41,49-55,59H,10-18H2,1-9H3,(H,56,57)/t19-,20-,21+,22-,23+,24+,25-,26+,27+,28-,29+,30-,31-,32+,33+,34+,35-,36-,37+,39-,40-,41+,45-,46+,47+,48+/m0/s1. The van der Waals surface area contributed by atoms with Crippen LogP contribution in [0.1, 0.15) is 120 Å². The normalized spacial score (nSPS) is 56.7. The molecule has 5 aliphatic carbocycles. The van der Waals surface area contributed by atoms with Crippen molar-refractivity contribution in [3.8, 4) is 0 Å². The zero-order valence-electron chi connectivity index (χ0n) is 39.8. The molecule has 18 nitrogen and oxygen atoms in total. The summed E-state index contributed by atoms with van der Waals surface area (Å²) in [6, 6.07) is 0. The third-order valence-corrected chi connectivity index (χ3v) is 20.1. The van der Waals surface area contributed by atoms with Crippen molar-refractivity contribution in [2.24, 2.45) is 56.7 Å². The number of carboxylic acids is 1. The molecule has 5 saturated carbocycles. The Labute approximate surface area is 386 Å². The summed E-state index contributed by atoms with van der Waals surface area (Å²) in [5, 5.41) is 97.8. The number of esters is 1. The van der Waals surface area contributed by atoms with Gasteiger partial charge in [0.15, 0.2) is 25.0 Å². The quantitative estimate of drug-likeness (QED) is 0.123. The third-order valence-electron chi connectivity index (χ3n) is 20.1. The first kappa shape index (κ1) is 49.4. The molecule has 0 aromatic carbocycles. The molecule has 9 fully saturated rings. The summed E-state index contributed by atoms with van der Waals surface area (Å²) in [6.07, 6.45) is -17.0. The molecule has 0 radical (unpaired) electrons. The Balaban J connectivity index is 0.928. The second-order valence-electron chi connectivity index (χ2n) is 24.0. The minimum absolute atomic E-state index is 0.0548. The monoisotopic (exact) mass is 941 g/mol. The zero-order valence-corrected chi connectivity index (χ0v) is 39.8. The molecule has 9 N–H and O–H groups in total. The van der Waals surface area contributed by atoms with Gasteiger partial charge in [-0.2, -0.15) is 0 Å². The Hall–Kier alpha value is -1.62.